The maximum Gasteiger partial charge on any atom is 0.274 e. The van der Waals surface area contributed by atoms with Gasteiger partial charge in [-0.2, -0.15) is 0 Å². The van der Waals surface area contributed by atoms with Crippen LogP contribution >= 0.6 is 11.6 Å². The number of amides is 1. The number of aromatic nitrogens is 2. The van der Waals surface area contributed by atoms with Gasteiger partial charge >= 0.3 is 0 Å². The molecule has 25 heavy (non-hydrogen) atoms. The van der Waals surface area contributed by atoms with Gasteiger partial charge in [0, 0.05) is 24.7 Å². The topological polar surface area (TPSA) is 67.4 Å². The third-order valence-corrected chi connectivity index (χ3v) is 4.23. The molecular formula is C18H23ClN4O2. The Balaban J connectivity index is 2.13. The number of unbranched alkanes of at least 4 members (excludes halogenated alkanes) is 1. The van der Waals surface area contributed by atoms with Gasteiger partial charge in [0.05, 0.1) is 12.8 Å². The van der Waals surface area contributed by atoms with Crippen LogP contribution in [0, 0.1) is 6.92 Å². The molecule has 0 aliphatic carbocycles. The van der Waals surface area contributed by atoms with E-state index < -0.39 is 0 Å². The van der Waals surface area contributed by atoms with Crippen molar-refractivity contribution in [1.29, 1.82) is 0 Å². The zero-order valence-electron chi connectivity index (χ0n) is 15.0. The molecule has 0 saturated heterocycles. The first-order valence-electron chi connectivity index (χ1n) is 8.16. The van der Waals surface area contributed by atoms with Gasteiger partial charge in [0.1, 0.15) is 5.75 Å². The molecule has 0 aliphatic rings. The molecule has 1 N–H and O–H groups in total. The Morgan fingerprint density at radius 2 is 2.08 bits per heavy atom. The Kier molecular flexibility index (Phi) is 6.58. The van der Waals surface area contributed by atoms with Crippen LogP contribution in [0.15, 0.2) is 24.3 Å². The van der Waals surface area contributed by atoms with E-state index in [9.17, 15) is 4.79 Å². The lowest BCUT2D eigenvalue weighted by molar-refractivity contribution is 0.0786. The highest BCUT2D eigenvalue weighted by atomic mass is 35.5. The van der Waals surface area contributed by atoms with Crippen molar-refractivity contribution in [3.8, 4) is 5.75 Å². The number of aryl methyl sites for hydroxylation is 1. The molecule has 7 heteroatoms. The predicted molar refractivity (Wildman–Crippen MR) is 99.9 cm³/mol. The van der Waals surface area contributed by atoms with E-state index in [1.165, 1.54) is 0 Å². The quantitative estimate of drug-likeness (QED) is 0.804. The summed E-state index contributed by atoms with van der Waals surface area (Å²) in [6, 6.07) is 7.00. The number of nitrogens with one attached hydrogen (secondary N) is 1. The summed E-state index contributed by atoms with van der Waals surface area (Å²) >= 11 is 6.11. The number of carbonyl (C=O) groups is 1. The first-order chi connectivity index (χ1) is 12.0. The van der Waals surface area contributed by atoms with Crippen molar-refractivity contribution in [2.75, 3.05) is 26.0 Å². The van der Waals surface area contributed by atoms with E-state index in [0.717, 1.165) is 24.1 Å². The molecule has 2 rings (SSSR count). The molecule has 0 radical (unpaired) electrons. The second-order valence-electron chi connectivity index (χ2n) is 5.81. The van der Waals surface area contributed by atoms with E-state index >= 15 is 0 Å². The molecule has 134 valence electrons. The molecule has 0 atom stereocenters. The lowest BCUT2D eigenvalue weighted by atomic mass is 10.2. The number of anilines is 2. The van der Waals surface area contributed by atoms with Crippen molar-refractivity contribution in [3.05, 3.63) is 40.5 Å². The number of ether oxygens (including phenoxy) is 1. The average Bonchev–Trinajstić information content (AvgIpc) is 2.62. The summed E-state index contributed by atoms with van der Waals surface area (Å²) in [6.45, 7) is 4.70. The molecule has 0 spiro atoms. The third-order valence-electron chi connectivity index (χ3n) is 3.82. The molecule has 1 aromatic heterocycles. The lowest BCUT2D eigenvalue weighted by Gasteiger charge is -2.16. The molecule has 1 heterocycles. The zero-order valence-corrected chi connectivity index (χ0v) is 15.7. The van der Waals surface area contributed by atoms with Crippen molar-refractivity contribution < 1.29 is 9.53 Å². The number of halogens is 1. The standard InChI is InChI=1S/C18H23ClN4O2/c1-5-6-9-23(3)18(24)14-7-8-17(22-21-14)20-15-10-12(2)13(19)11-16(15)25-4/h7-8,10-11H,5-6,9H2,1-4H3,(H,20,22). The summed E-state index contributed by atoms with van der Waals surface area (Å²) in [6.07, 6.45) is 2.00. The van der Waals surface area contributed by atoms with Crippen LogP contribution in [0.2, 0.25) is 5.02 Å². The summed E-state index contributed by atoms with van der Waals surface area (Å²) < 4.78 is 5.33. The van der Waals surface area contributed by atoms with Crippen molar-refractivity contribution >= 4 is 29.0 Å². The fourth-order valence-electron chi connectivity index (χ4n) is 2.27. The van der Waals surface area contributed by atoms with Crippen LogP contribution in [0.5, 0.6) is 5.75 Å². The smallest absolute Gasteiger partial charge is 0.274 e. The van der Waals surface area contributed by atoms with Gasteiger partial charge in [-0.05, 0) is 37.1 Å². The first-order valence-corrected chi connectivity index (χ1v) is 8.54. The Morgan fingerprint density at radius 1 is 1.32 bits per heavy atom. The van der Waals surface area contributed by atoms with Gasteiger partial charge in [-0.15, -0.1) is 10.2 Å². The number of rotatable bonds is 7. The summed E-state index contributed by atoms with van der Waals surface area (Å²) in [5, 5.41) is 11.9. The van der Waals surface area contributed by atoms with Gasteiger partial charge in [-0.25, -0.2) is 0 Å². The van der Waals surface area contributed by atoms with Crippen LogP contribution in [0.25, 0.3) is 0 Å². The Labute approximate surface area is 153 Å². The molecule has 1 aromatic carbocycles. The van der Waals surface area contributed by atoms with Gasteiger partial charge in [0.15, 0.2) is 11.5 Å². The monoisotopic (exact) mass is 362 g/mol. The van der Waals surface area contributed by atoms with Gasteiger partial charge in [-0.3, -0.25) is 4.79 Å². The maximum absolute atomic E-state index is 12.3. The van der Waals surface area contributed by atoms with E-state index in [-0.39, 0.29) is 5.91 Å². The van der Waals surface area contributed by atoms with Crippen molar-refractivity contribution in [2.45, 2.75) is 26.7 Å². The lowest BCUT2D eigenvalue weighted by Crippen LogP contribution is -2.28. The normalized spacial score (nSPS) is 10.4. The number of carbonyl (C=O) groups excluding carboxylic acids is 1. The van der Waals surface area contributed by atoms with Gasteiger partial charge in [0.2, 0.25) is 0 Å². The summed E-state index contributed by atoms with van der Waals surface area (Å²) in [7, 11) is 3.35. The number of hydrogen-bond acceptors (Lipinski definition) is 5. The van der Waals surface area contributed by atoms with Crippen molar-refractivity contribution in [2.24, 2.45) is 0 Å². The van der Waals surface area contributed by atoms with Crippen LogP contribution in [-0.4, -0.2) is 41.7 Å². The maximum atomic E-state index is 12.3. The molecule has 0 saturated carbocycles. The van der Waals surface area contributed by atoms with E-state index in [2.05, 4.69) is 22.4 Å². The zero-order chi connectivity index (χ0) is 18.4. The number of methoxy groups -OCH3 is 1. The van der Waals surface area contributed by atoms with E-state index in [4.69, 9.17) is 16.3 Å². The molecular weight excluding hydrogens is 340 g/mol. The minimum atomic E-state index is -0.132. The minimum Gasteiger partial charge on any atom is -0.495 e. The van der Waals surface area contributed by atoms with E-state index in [0.29, 0.717) is 28.8 Å². The second kappa shape index (κ2) is 8.67. The van der Waals surface area contributed by atoms with Crippen LogP contribution < -0.4 is 10.1 Å². The van der Waals surface area contributed by atoms with Gasteiger partial charge < -0.3 is 15.0 Å². The summed E-state index contributed by atoms with van der Waals surface area (Å²) in [5.41, 5.74) is 1.98. The predicted octanol–water partition coefficient (Wildman–Crippen LogP) is 4.06. The molecule has 2 aromatic rings. The number of nitrogens with zero attached hydrogens (tertiary/aromatic N) is 3. The van der Waals surface area contributed by atoms with Crippen LogP contribution in [0.4, 0.5) is 11.5 Å². The van der Waals surface area contributed by atoms with Crippen LogP contribution in [-0.2, 0) is 0 Å². The van der Waals surface area contributed by atoms with E-state index in [1.54, 1.807) is 37.3 Å². The minimum absolute atomic E-state index is 0.132. The van der Waals surface area contributed by atoms with Crippen molar-refractivity contribution in [3.63, 3.8) is 0 Å². The largest absolute Gasteiger partial charge is 0.495 e. The summed E-state index contributed by atoms with van der Waals surface area (Å²) in [5.74, 6) is 0.997. The second-order valence-corrected chi connectivity index (χ2v) is 6.22. The van der Waals surface area contributed by atoms with E-state index in [1.807, 2.05) is 13.0 Å². The first kappa shape index (κ1) is 19.0. The molecule has 0 unspecified atom stereocenters. The molecule has 1 amide bonds. The highest BCUT2D eigenvalue weighted by molar-refractivity contribution is 6.31. The fourth-order valence-corrected chi connectivity index (χ4v) is 2.43. The molecule has 6 nitrogen and oxygen atoms in total. The number of benzene rings is 1. The number of hydrogen-bond donors (Lipinski definition) is 1. The highest BCUT2D eigenvalue weighted by Crippen LogP contribution is 2.32. The molecule has 0 bridgehead atoms. The Morgan fingerprint density at radius 3 is 2.68 bits per heavy atom. The fraction of sp³-hybridized carbons (Fsp3) is 0.389. The average molecular weight is 363 g/mol. The highest BCUT2D eigenvalue weighted by Gasteiger charge is 2.14. The van der Waals surface area contributed by atoms with Crippen LogP contribution in [0.1, 0.15) is 35.8 Å². The van der Waals surface area contributed by atoms with Gasteiger partial charge in [-0.1, -0.05) is 24.9 Å². The Bertz CT molecular complexity index is 735. The molecule has 0 aliphatic heterocycles. The van der Waals surface area contributed by atoms with Crippen molar-refractivity contribution in [1.82, 2.24) is 15.1 Å². The Hall–Kier alpha value is -2.34. The third kappa shape index (κ3) is 4.82. The SMILES string of the molecule is CCCCN(C)C(=O)c1ccc(Nc2cc(C)c(Cl)cc2OC)nn1. The van der Waals surface area contributed by atoms with Crippen LogP contribution in [0.3, 0.4) is 0 Å². The molecule has 0 fully saturated rings. The van der Waals surface area contributed by atoms with Gasteiger partial charge in [0.25, 0.3) is 5.91 Å². The summed E-state index contributed by atoms with van der Waals surface area (Å²) in [4.78, 5) is 13.9.